The molecule has 23 heavy (non-hydrogen) atoms. The molecule has 1 aliphatic heterocycles. The number of nitrogens with zero attached hydrogens (tertiary/aromatic N) is 2. The second-order valence-corrected chi connectivity index (χ2v) is 6.48. The number of carbonyl (C=O) groups excluding carboxylic acids is 1. The third kappa shape index (κ3) is 3.31. The number of hydrogen-bond acceptors (Lipinski definition) is 2. The average Bonchev–Trinajstić information content (AvgIpc) is 2.55. The minimum atomic E-state index is -0.0926. The van der Waals surface area contributed by atoms with Crippen molar-refractivity contribution in [2.75, 3.05) is 31.1 Å². The maximum atomic E-state index is 12.7. The Hall–Kier alpha value is -1.71. The van der Waals surface area contributed by atoms with Gasteiger partial charge < -0.3 is 9.80 Å². The van der Waals surface area contributed by atoms with Crippen LogP contribution in [0.5, 0.6) is 0 Å². The Labute approximate surface area is 146 Å². The molecule has 1 fully saturated rings. The van der Waals surface area contributed by atoms with Crippen LogP contribution in [-0.2, 0) is 0 Å². The van der Waals surface area contributed by atoms with E-state index in [1.165, 1.54) is 11.3 Å². The van der Waals surface area contributed by atoms with E-state index in [-0.39, 0.29) is 5.91 Å². The Kier molecular flexibility index (Phi) is 4.79. The Morgan fingerprint density at radius 3 is 2.13 bits per heavy atom. The highest BCUT2D eigenvalue weighted by molar-refractivity contribution is 6.39. The Morgan fingerprint density at radius 2 is 1.52 bits per heavy atom. The molecule has 1 heterocycles. The molecule has 1 saturated heterocycles. The maximum Gasteiger partial charge on any atom is 0.257 e. The number of aryl methyl sites for hydroxylation is 1. The van der Waals surface area contributed by atoms with Crippen molar-refractivity contribution in [1.82, 2.24) is 4.90 Å². The van der Waals surface area contributed by atoms with Crippen LogP contribution in [0.15, 0.2) is 42.5 Å². The molecule has 0 aromatic heterocycles. The van der Waals surface area contributed by atoms with Gasteiger partial charge in [-0.25, -0.2) is 0 Å². The van der Waals surface area contributed by atoms with E-state index in [0.717, 1.165) is 13.1 Å². The molecule has 0 unspecified atom stereocenters. The molecule has 2 aromatic carbocycles. The fourth-order valence-electron chi connectivity index (χ4n) is 2.93. The number of para-hydroxylation sites is 1. The minimum Gasteiger partial charge on any atom is -0.368 e. The van der Waals surface area contributed by atoms with Crippen molar-refractivity contribution < 1.29 is 4.79 Å². The van der Waals surface area contributed by atoms with Crippen molar-refractivity contribution in [2.45, 2.75) is 6.92 Å². The van der Waals surface area contributed by atoms with Gasteiger partial charge in [0.05, 0.1) is 15.6 Å². The van der Waals surface area contributed by atoms with Gasteiger partial charge in [0.2, 0.25) is 0 Å². The number of piperazine rings is 1. The summed E-state index contributed by atoms with van der Waals surface area (Å²) in [5, 5.41) is 0.813. The second kappa shape index (κ2) is 6.81. The first-order valence-electron chi connectivity index (χ1n) is 7.62. The highest BCUT2D eigenvalue weighted by Gasteiger charge is 2.25. The molecule has 2 aromatic rings. The molecule has 3 nitrogen and oxygen atoms in total. The summed E-state index contributed by atoms with van der Waals surface area (Å²) < 4.78 is 0. The smallest absolute Gasteiger partial charge is 0.257 e. The van der Waals surface area contributed by atoms with E-state index >= 15 is 0 Å². The summed E-state index contributed by atoms with van der Waals surface area (Å²) in [4.78, 5) is 16.8. The lowest BCUT2D eigenvalue weighted by Gasteiger charge is -2.37. The summed E-state index contributed by atoms with van der Waals surface area (Å²) in [5.41, 5.74) is 2.89. The molecular formula is C18H18Cl2N2O. The van der Waals surface area contributed by atoms with Crippen molar-refractivity contribution in [2.24, 2.45) is 0 Å². The molecule has 0 saturated carbocycles. The van der Waals surface area contributed by atoms with Gasteiger partial charge >= 0.3 is 0 Å². The maximum absolute atomic E-state index is 12.7. The predicted molar refractivity (Wildman–Crippen MR) is 95.8 cm³/mol. The molecule has 0 spiro atoms. The lowest BCUT2D eigenvalue weighted by Crippen LogP contribution is -2.49. The molecule has 0 aliphatic carbocycles. The van der Waals surface area contributed by atoms with E-state index in [4.69, 9.17) is 23.2 Å². The molecule has 0 atom stereocenters. The van der Waals surface area contributed by atoms with E-state index in [2.05, 4.69) is 24.0 Å². The van der Waals surface area contributed by atoms with Crippen LogP contribution in [0.2, 0.25) is 10.0 Å². The van der Waals surface area contributed by atoms with Crippen LogP contribution in [0.3, 0.4) is 0 Å². The predicted octanol–water partition coefficient (Wildman–Crippen LogP) is 4.26. The fraction of sp³-hybridized carbons (Fsp3) is 0.278. The monoisotopic (exact) mass is 348 g/mol. The molecule has 5 heteroatoms. The first-order valence-corrected chi connectivity index (χ1v) is 8.37. The number of anilines is 1. The Balaban J connectivity index is 1.72. The van der Waals surface area contributed by atoms with Gasteiger partial charge in [-0.3, -0.25) is 4.79 Å². The highest BCUT2D eigenvalue weighted by atomic mass is 35.5. The van der Waals surface area contributed by atoms with Crippen LogP contribution in [0, 0.1) is 6.92 Å². The summed E-state index contributed by atoms with van der Waals surface area (Å²) >= 11 is 12.3. The van der Waals surface area contributed by atoms with E-state index in [9.17, 15) is 4.79 Å². The number of amides is 1. The minimum absolute atomic E-state index is 0.0926. The van der Waals surface area contributed by atoms with Crippen LogP contribution in [0.25, 0.3) is 0 Å². The van der Waals surface area contributed by atoms with Gasteiger partial charge in [0.25, 0.3) is 5.91 Å². The van der Waals surface area contributed by atoms with E-state index in [1.807, 2.05) is 17.0 Å². The van der Waals surface area contributed by atoms with E-state index in [1.54, 1.807) is 18.2 Å². The fourth-order valence-corrected chi connectivity index (χ4v) is 3.49. The van der Waals surface area contributed by atoms with Crippen LogP contribution in [-0.4, -0.2) is 37.0 Å². The SMILES string of the molecule is Cc1ccccc1N1CCN(C(=O)c2c(Cl)cccc2Cl)CC1. The van der Waals surface area contributed by atoms with Crippen molar-refractivity contribution >= 4 is 34.8 Å². The number of hydrogen-bond donors (Lipinski definition) is 0. The summed E-state index contributed by atoms with van der Waals surface area (Å²) in [7, 11) is 0. The zero-order chi connectivity index (χ0) is 16.4. The third-order valence-corrected chi connectivity index (χ3v) is 4.83. The summed E-state index contributed by atoms with van der Waals surface area (Å²) in [6.45, 7) is 5.04. The number of halogens is 2. The van der Waals surface area contributed by atoms with Gasteiger partial charge in [0, 0.05) is 31.9 Å². The zero-order valence-electron chi connectivity index (χ0n) is 12.9. The van der Waals surface area contributed by atoms with Crippen molar-refractivity contribution in [1.29, 1.82) is 0 Å². The molecule has 0 bridgehead atoms. The van der Waals surface area contributed by atoms with Crippen LogP contribution in [0.4, 0.5) is 5.69 Å². The highest BCUT2D eigenvalue weighted by Crippen LogP contribution is 2.27. The topological polar surface area (TPSA) is 23.6 Å². The van der Waals surface area contributed by atoms with Crippen molar-refractivity contribution in [3.63, 3.8) is 0 Å². The van der Waals surface area contributed by atoms with Crippen molar-refractivity contribution in [3.05, 3.63) is 63.6 Å². The van der Waals surface area contributed by atoms with Crippen LogP contribution >= 0.6 is 23.2 Å². The molecular weight excluding hydrogens is 331 g/mol. The van der Waals surface area contributed by atoms with Gasteiger partial charge in [-0.2, -0.15) is 0 Å². The van der Waals surface area contributed by atoms with Gasteiger partial charge in [-0.15, -0.1) is 0 Å². The Morgan fingerprint density at radius 1 is 0.913 bits per heavy atom. The summed E-state index contributed by atoms with van der Waals surface area (Å²) in [6.07, 6.45) is 0. The lowest BCUT2D eigenvalue weighted by molar-refractivity contribution is 0.0747. The molecule has 3 rings (SSSR count). The van der Waals surface area contributed by atoms with Crippen molar-refractivity contribution in [3.8, 4) is 0 Å². The number of carbonyl (C=O) groups is 1. The number of rotatable bonds is 2. The normalized spacial score (nSPS) is 14.9. The van der Waals surface area contributed by atoms with E-state index in [0.29, 0.717) is 28.7 Å². The van der Waals surface area contributed by atoms with E-state index < -0.39 is 0 Å². The first kappa shape index (κ1) is 16.2. The molecule has 0 radical (unpaired) electrons. The average molecular weight is 349 g/mol. The molecule has 120 valence electrons. The lowest BCUT2D eigenvalue weighted by atomic mass is 10.1. The molecule has 1 amide bonds. The third-order valence-electron chi connectivity index (χ3n) is 4.20. The Bertz CT molecular complexity index is 704. The largest absolute Gasteiger partial charge is 0.368 e. The van der Waals surface area contributed by atoms with Gasteiger partial charge in [-0.1, -0.05) is 47.5 Å². The molecule has 1 aliphatic rings. The number of benzene rings is 2. The van der Waals surface area contributed by atoms with Crippen LogP contribution < -0.4 is 4.90 Å². The summed E-state index contributed by atoms with van der Waals surface area (Å²) in [5.74, 6) is -0.0926. The standard InChI is InChI=1S/C18H18Cl2N2O/c1-13-5-2-3-8-16(13)21-9-11-22(12-10-21)18(23)17-14(19)6-4-7-15(17)20/h2-8H,9-12H2,1H3. The summed E-state index contributed by atoms with van der Waals surface area (Å²) in [6, 6.07) is 13.5. The van der Waals surface area contributed by atoms with Crippen LogP contribution in [0.1, 0.15) is 15.9 Å². The van der Waals surface area contributed by atoms with Gasteiger partial charge in [-0.05, 0) is 30.7 Å². The van der Waals surface area contributed by atoms with Gasteiger partial charge in [0.1, 0.15) is 0 Å². The zero-order valence-corrected chi connectivity index (χ0v) is 14.4. The van der Waals surface area contributed by atoms with Gasteiger partial charge in [0.15, 0.2) is 0 Å². The molecule has 0 N–H and O–H groups in total. The first-order chi connectivity index (χ1) is 11.1. The second-order valence-electron chi connectivity index (χ2n) is 5.66. The quantitative estimate of drug-likeness (QED) is 0.809.